The van der Waals surface area contributed by atoms with Gasteiger partial charge in [-0.3, -0.25) is 4.21 Å². The number of benzene rings is 1. The predicted molar refractivity (Wildman–Crippen MR) is 97.9 cm³/mol. The Labute approximate surface area is 163 Å². The van der Waals surface area contributed by atoms with E-state index in [1.165, 1.54) is 18.0 Å². The van der Waals surface area contributed by atoms with Crippen molar-refractivity contribution in [1.29, 1.82) is 0 Å². The fraction of sp³-hybridized carbons (Fsp3) is 0.214. The van der Waals surface area contributed by atoms with Crippen LogP contribution in [-0.2, 0) is 17.0 Å². The molecule has 1 aromatic carbocycles. The number of anilines is 1. The largest absolute Gasteiger partial charge is 0.416 e. The van der Waals surface area contributed by atoms with Crippen molar-refractivity contribution in [1.82, 2.24) is 15.1 Å². The van der Waals surface area contributed by atoms with E-state index in [9.17, 15) is 17.4 Å². The van der Waals surface area contributed by atoms with Gasteiger partial charge in [-0.15, -0.1) is 11.8 Å². The topological polar surface area (TPSA) is 72.9 Å². The molecule has 3 N–H and O–H groups in total. The van der Waals surface area contributed by atoms with Crippen LogP contribution in [0.4, 0.5) is 19.0 Å². The number of halogens is 5. The molecule has 0 radical (unpaired) electrons. The van der Waals surface area contributed by atoms with Crippen molar-refractivity contribution in [3.05, 3.63) is 45.0 Å². The quantitative estimate of drug-likeness (QED) is 0.739. The molecule has 2 aromatic rings. The van der Waals surface area contributed by atoms with Crippen molar-refractivity contribution in [3.8, 4) is 5.69 Å². The zero-order valence-corrected chi connectivity index (χ0v) is 16.1. The molecule has 1 aliphatic rings. The van der Waals surface area contributed by atoms with Crippen LogP contribution >= 0.6 is 35.0 Å². The highest BCUT2D eigenvalue weighted by atomic mass is 35.5. The van der Waals surface area contributed by atoms with Crippen LogP contribution in [0, 0.1) is 0 Å². The zero-order chi connectivity index (χ0) is 19.2. The summed E-state index contributed by atoms with van der Waals surface area (Å²) in [6.45, 7) is 0. The van der Waals surface area contributed by atoms with Gasteiger partial charge in [-0.2, -0.15) is 18.3 Å². The molecule has 0 spiro atoms. The number of hydrogen-bond acceptors (Lipinski definition) is 5. The molecular weight excluding hydrogens is 432 g/mol. The van der Waals surface area contributed by atoms with E-state index < -0.39 is 22.5 Å². The van der Waals surface area contributed by atoms with Crippen LogP contribution in [-0.4, -0.2) is 20.2 Å². The van der Waals surface area contributed by atoms with E-state index in [4.69, 9.17) is 28.9 Å². The summed E-state index contributed by atoms with van der Waals surface area (Å²) in [7, 11) is -1.49. The molecule has 26 heavy (non-hydrogen) atoms. The Balaban J connectivity index is 2.19. The Morgan fingerprint density at radius 1 is 1.35 bits per heavy atom. The first kappa shape index (κ1) is 19.4. The lowest BCUT2D eigenvalue weighted by molar-refractivity contribution is -0.137. The summed E-state index contributed by atoms with van der Waals surface area (Å²) in [6.07, 6.45) is -1.46. The van der Waals surface area contributed by atoms with Crippen molar-refractivity contribution in [3.63, 3.8) is 0 Å². The van der Waals surface area contributed by atoms with Crippen LogP contribution in [0.15, 0.2) is 28.6 Å². The lowest BCUT2D eigenvalue weighted by Crippen LogP contribution is -2.11. The SMILES string of the molecule is CS(=O)c1c(C2NC=CS2)nn(-c2c(Cl)cc(C(F)(F)F)cc2Cl)c1N. The summed E-state index contributed by atoms with van der Waals surface area (Å²) in [4.78, 5) is 0.269. The minimum absolute atomic E-state index is 0.00121. The van der Waals surface area contributed by atoms with Gasteiger partial charge >= 0.3 is 6.18 Å². The molecule has 3 rings (SSSR count). The Morgan fingerprint density at radius 2 is 1.96 bits per heavy atom. The average Bonchev–Trinajstić information content (AvgIpc) is 3.14. The summed E-state index contributed by atoms with van der Waals surface area (Å²) in [5.41, 5.74) is 5.48. The number of hydrogen-bond donors (Lipinski definition) is 2. The van der Waals surface area contributed by atoms with Crippen LogP contribution in [0.5, 0.6) is 0 Å². The number of nitrogens with one attached hydrogen (secondary N) is 1. The molecule has 140 valence electrons. The maximum atomic E-state index is 12.9. The maximum Gasteiger partial charge on any atom is 0.416 e. The minimum Gasteiger partial charge on any atom is -0.383 e. The number of nitrogens with zero attached hydrogens (tertiary/aromatic N) is 2. The second kappa shape index (κ2) is 6.99. The molecule has 0 aliphatic carbocycles. The van der Waals surface area contributed by atoms with E-state index in [-0.39, 0.29) is 31.8 Å². The molecule has 1 aromatic heterocycles. The molecule has 0 saturated heterocycles. The third kappa shape index (κ3) is 3.42. The van der Waals surface area contributed by atoms with E-state index in [1.807, 2.05) is 0 Å². The number of rotatable bonds is 3. The zero-order valence-electron chi connectivity index (χ0n) is 13.0. The second-order valence-corrected chi connectivity index (χ2v) is 8.38. The molecule has 2 atom stereocenters. The molecule has 12 heteroatoms. The number of nitrogen functional groups attached to an aromatic ring is 1. The first-order valence-electron chi connectivity index (χ1n) is 6.96. The van der Waals surface area contributed by atoms with Gasteiger partial charge in [-0.05, 0) is 17.5 Å². The lowest BCUT2D eigenvalue weighted by Gasteiger charge is -2.13. The second-order valence-electron chi connectivity index (χ2n) is 5.24. The summed E-state index contributed by atoms with van der Waals surface area (Å²) in [6, 6.07) is 1.49. The van der Waals surface area contributed by atoms with Crippen LogP contribution in [0.3, 0.4) is 0 Å². The summed E-state index contributed by atoms with van der Waals surface area (Å²) in [5, 5.41) is 8.26. The fourth-order valence-corrected chi connectivity index (χ4v) is 4.75. The summed E-state index contributed by atoms with van der Waals surface area (Å²) >= 11 is 13.5. The number of thioether (sulfide) groups is 1. The molecule has 5 nitrogen and oxygen atoms in total. The van der Waals surface area contributed by atoms with Gasteiger partial charge in [0.2, 0.25) is 0 Å². The van der Waals surface area contributed by atoms with Crippen molar-refractivity contribution in [2.24, 2.45) is 0 Å². The molecule has 0 fully saturated rings. The average molecular weight is 443 g/mol. The van der Waals surface area contributed by atoms with Crippen LogP contribution in [0.2, 0.25) is 10.0 Å². The van der Waals surface area contributed by atoms with Gasteiger partial charge in [0.15, 0.2) is 0 Å². The van der Waals surface area contributed by atoms with E-state index in [0.29, 0.717) is 5.69 Å². The normalized spacial score (nSPS) is 18.2. The molecular formula is C14H11Cl2F3N4OS2. The van der Waals surface area contributed by atoms with Crippen molar-refractivity contribution in [2.75, 3.05) is 12.0 Å². The Hall–Kier alpha value is -1.36. The maximum absolute atomic E-state index is 12.9. The Kier molecular flexibility index (Phi) is 5.22. The first-order valence-corrected chi connectivity index (χ1v) is 10.2. The van der Waals surface area contributed by atoms with E-state index in [2.05, 4.69) is 10.4 Å². The molecule has 2 heterocycles. The molecule has 0 saturated carbocycles. The smallest absolute Gasteiger partial charge is 0.383 e. The van der Waals surface area contributed by atoms with Gasteiger partial charge in [-0.1, -0.05) is 23.2 Å². The third-order valence-corrected chi connectivity index (χ3v) is 6.02. The number of nitrogens with two attached hydrogens (primary N) is 1. The van der Waals surface area contributed by atoms with Gasteiger partial charge in [0.05, 0.1) is 26.4 Å². The summed E-state index contributed by atoms with van der Waals surface area (Å²) < 4.78 is 52.0. The molecule has 1 aliphatic heterocycles. The minimum atomic E-state index is -4.60. The number of aromatic nitrogens is 2. The van der Waals surface area contributed by atoms with Gasteiger partial charge in [-0.25, -0.2) is 4.68 Å². The van der Waals surface area contributed by atoms with E-state index >= 15 is 0 Å². The molecule has 0 amide bonds. The highest BCUT2D eigenvalue weighted by molar-refractivity contribution is 8.02. The van der Waals surface area contributed by atoms with Crippen molar-refractivity contribution >= 4 is 51.6 Å². The summed E-state index contributed by atoms with van der Waals surface area (Å²) in [5.74, 6) is -0.00121. The number of alkyl halides is 3. The highest BCUT2D eigenvalue weighted by Crippen LogP contribution is 2.41. The van der Waals surface area contributed by atoms with E-state index in [0.717, 1.165) is 16.8 Å². The van der Waals surface area contributed by atoms with Gasteiger partial charge in [0.25, 0.3) is 0 Å². The monoisotopic (exact) mass is 442 g/mol. The molecule has 0 bridgehead atoms. The lowest BCUT2D eigenvalue weighted by atomic mass is 10.2. The van der Waals surface area contributed by atoms with Crippen LogP contribution in [0.1, 0.15) is 16.6 Å². The first-order chi connectivity index (χ1) is 12.1. The fourth-order valence-electron chi connectivity index (χ4n) is 2.43. The van der Waals surface area contributed by atoms with Gasteiger partial charge in [0.1, 0.15) is 27.5 Å². The highest BCUT2D eigenvalue weighted by Gasteiger charge is 2.33. The van der Waals surface area contributed by atoms with Crippen molar-refractivity contribution < 1.29 is 17.4 Å². The van der Waals surface area contributed by atoms with Gasteiger partial charge < -0.3 is 11.1 Å². The Bertz CT molecular complexity index is 899. The van der Waals surface area contributed by atoms with Crippen LogP contribution < -0.4 is 11.1 Å². The third-order valence-electron chi connectivity index (χ3n) is 3.52. The molecule has 2 unspecified atom stereocenters. The van der Waals surface area contributed by atoms with Crippen molar-refractivity contribution in [2.45, 2.75) is 16.4 Å². The predicted octanol–water partition coefficient (Wildman–Crippen LogP) is 4.32. The standard InChI is InChI=1S/C14H11Cl2F3N4OS2/c1-26(24)11-9(13-21-2-3-25-13)22-23(12(11)20)10-7(15)4-6(5-8(10)16)14(17,18)19/h2-5,13,21H,20H2,1H3. The Morgan fingerprint density at radius 3 is 2.42 bits per heavy atom. The van der Waals surface area contributed by atoms with E-state index in [1.54, 1.807) is 11.6 Å². The van der Waals surface area contributed by atoms with Crippen LogP contribution in [0.25, 0.3) is 5.69 Å². The van der Waals surface area contributed by atoms with Gasteiger partial charge in [0, 0.05) is 12.5 Å².